The van der Waals surface area contributed by atoms with Crippen molar-refractivity contribution in [2.24, 2.45) is 0 Å². The van der Waals surface area contributed by atoms with Gasteiger partial charge in [0.2, 0.25) is 0 Å². The van der Waals surface area contributed by atoms with Crippen LogP contribution in [0.3, 0.4) is 0 Å². The molecule has 2 nitrogen and oxygen atoms in total. The highest BCUT2D eigenvalue weighted by Gasteiger charge is 2.16. The SMILES string of the molecule is CCN(Cc1ccc(F)c(C)c1)CC1CCCCN1. The van der Waals surface area contributed by atoms with E-state index in [2.05, 4.69) is 17.1 Å². The summed E-state index contributed by atoms with van der Waals surface area (Å²) in [7, 11) is 0. The normalized spacial score (nSPS) is 19.9. The topological polar surface area (TPSA) is 15.3 Å². The van der Waals surface area contributed by atoms with E-state index < -0.39 is 0 Å². The molecule has 0 spiro atoms. The van der Waals surface area contributed by atoms with Gasteiger partial charge in [-0.05, 0) is 50.0 Å². The van der Waals surface area contributed by atoms with Gasteiger partial charge in [-0.3, -0.25) is 4.90 Å². The van der Waals surface area contributed by atoms with Gasteiger partial charge in [-0.1, -0.05) is 25.5 Å². The van der Waals surface area contributed by atoms with Crippen molar-refractivity contribution in [3.63, 3.8) is 0 Å². The van der Waals surface area contributed by atoms with E-state index in [0.717, 1.165) is 31.7 Å². The van der Waals surface area contributed by atoms with Gasteiger partial charge >= 0.3 is 0 Å². The van der Waals surface area contributed by atoms with E-state index >= 15 is 0 Å². The van der Waals surface area contributed by atoms with Gasteiger partial charge in [0.15, 0.2) is 0 Å². The van der Waals surface area contributed by atoms with Crippen molar-refractivity contribution in [2.45, 2.75) is 45.7 Å². The number of benzene rings is 1. The maximum atomic E-state index is 13.3. The van der Waals surface area contributed by atoms with Crippen molar-refractivity contribution in [3.8, 4) is 0 Å². The number of piperidine rings is 1. The van der Waals surface area contributed by atoms with Crippen molar-refractivity contribution in [1.29, 1.82) is 0 Å². The highest BCUT2D eigenvalue weighted by molar-refractivity contribution is 5.23. The fourth-order valence-corrected chi connectivity index (χ4v) is 2.76. The lowest BCUT2D eigenvalue weighted by Gasteiger charge is -2.30. The molecule has 1 aliphatic heterocycles. The molecule has 1 fully saturated rings. The van der Waals surface area contributed by atoms with Gasteiger partial charge in [0.1, 0.15) is 5.82 Å². The Morgan fingerprint density at radius 1 is 1.37 bits per heavy atom. The molecular weight excluding hydrogens is 239 g/mol. The third-order valence-corrected chi connectivity index (χ3v) is 3.97. The van der Waals surface area contributed by atoms with Crippen LogP contribution in [0, 0.1) is 12.7 Å². The Kier molecular flexibility index (Phi) is 5.34. The number of nitrogens with zero attached hydrogens (tertiary/aromatic N) is 1. The number of likely N-dealkylation sites (N-methyl/N-ethyl adjacent to an activating group) is 1. The van der Waals surface area contributed by atoms with E-state index in [1.165, 1.54) is 24.8 Å². The monoisotopic (exact) mass is 264 g/mol. The molecule has 1 saturated heterocycles. The van der Waals surface area contributed by atoms with Gasteiger partial charge in [0, 0.05) is 19.1 Å². The minimum absolute atomic E-state index is 0.110. The summed E-state index contributed by atoms with van der Waals surface area (Å²) < 4.78 is 13.3. The Morgan fingerprint density at radius 2 is 2.21 bits per heavy atom. The van der Waals surface area contributed by atoms with Crippen LogP contribution in [-0.4, -0.2) is 30.6 Å². The van der Waals surface area contributed by atoms with Gasteiger partial charge in [-0.25, -0.2) is 4.39 Å². The maximum Gasteiger partial charge on any atom is 0.126 e. The third kappa shape index (κ3) is 4.29. The van der Waals surface area contributed by atoms with Crippen molar-refractivity contribution < 1.29 is 4.39 Å². The minimum atomic E-state index is -0.110. The Morgan fingerprint density at radius 3 is 2.84 bits per heavy atom. The van der Waals surface area contributed by atoms with Crippen molar-refractivity contribution in [2.75, 3.05) is 19.6 Å². The number of hydrogen-bond acceptors (Lipinski definition) is 2. The fraction of sp³-hybridized carbons (Fsp3) is 0.625. The summed E-state index contributed by atoms with van der Waals surface area (Å²) in [5.41, 5.74) is 1.95. The summed E-state index contributed by atoms with van der Waals surface area (Å²) in [6.07, 6.45) is 3.92. The van der Waals surface area contributed by atoms with Crippen LogP contribution in [0.5, 0.6) is 0 Å². The van der Waals surface area contributed by atoms with Gasteiger partial charge < -0.3 is 5.32 Å². The van der Waals surface area contributed by atoms with Crippen molar-refractivity contribution in [3.05, 3.63) is 35.1 Å². The third-order valence-electron chi connectivity index (χ3n) is 3.97. The Labute approximate surface area is 116 Å². The molecular formula is C16H25FN2. The molecule has 0 bridgehead atoms. The van der Waals surface area contributed by atoms with E-state index in [-0.39, 0.29) is 5.82 Å². The van der Waals surface area contributed by atoms with Crippen LogP contribution >= 0.6 is 0 Å². The van der Waals surface area contributed by atoms with E-state index in [0.29, 0.717) is 6.04 Å². The van der Waals surface area contributed by atoms with Crippen LogP contribution in [0.4, 0.5) is 4.39 Å². The molecule has 1 heterocycles. The number of rotatable bonds is 5. The number of aryl methyl sites for hydroxylation is 1. The highest BCUT2D eigenvalue weighted by atomic mass is 19.1. The molecule has 0 aromatic heterocycles. The summed E-state index contributed by atoms with van der Waals surface area (Å²) in [5.74, 6) is -0.110. The molecule has 19 heavy (non-hydrogen) atoms. The quantitative estimate of drug-likeness (QED) is 0.879. The number of halogens is 1. The van der Waals surface area contributed by atoms with Crippen LogP contribution in [0.15, 0.2) is 18.2 Å². The Bertz CT molecular complexity index is 400. The first-order chi connectivity index (χ1) is 9.19. The molecule has 1 aromatic carbocycles. The zero-order chi connectivity index (χ0) is 13.7. The predicted octanol–water partition coefficient (Wildman–Crippen LogP) is 3.10. The lowest BCUT2D eigenvalue weighted by atomic mass is 10.0. The van der Waals surface area contributed by atoms with Crippen molar-refractivity contribution >= 4 is 0 Å². The van der Waals surface area contributed by atoms with Crippen molar-refractivity contribution in [1.82, 2.24) is 10.2 Å². The molecule has 0 amide bonds. The van der Waals surface area contributed by atoms with E-state index in [1.54, 1.807) is 6.07 Å². The van der Waals surface area contributed by atoms with E-state index in [4.69, 9.17) is 0 Å². The Hall–Kier alpha value is -0.930. The molecule has 1 N–H and O–H groups in total. The average Bonchev–Trinajstić information content (AvgIpc) is 2.43. The second-order valence-electron chi connectivity index (χ2n) is 5.56. The second kappa shape index (κ2) is 7.01. The van der Waals surface area contributed by atoms with Gasteiger partial charge in [-0.15, -0.1) is 0 Å². The molecule has 0 aliphatic carbocycles. The van der Waals surface area contributed by atoms with Crippen LogP contribution in [-0.2, 0) is 6.54 Å². The summed E-state index contributed by atoms with van der Waals surface area (Å²) in [6, 6.07) is 6.07. The molecule has 0 radical (unpaired) electrons. The van der Waals surface area contributed by atoms with Crippen LogP contribution < -0.4 is 5.32 Å². The summed E-state index contributed by atoms with van der Waals surface area (Å²) in [5, 5.41) is 3.59. The molecule has 1 aromatic rings. The number of nitrogens with one attached hydrogen (secondary N) is 1. The smallest absolute Gasteiger partial charge is 0.126 e. The standard InChI is InChI=1S/C16H25FN2/c1-3-19(12-15-6-4-5-9-18-15)11-14-7-8-16(17)13(2)10-14/h7-8,10,15,18H,3-6,9,11-12H2,1-2H3. The predicted molar refractivity (Wildman–Crippen MR) is 77.7 cm³/mol. The molecule has 1 aliphatic rings. The minimum Gasteiger partial charge on any atom is -0.313 e. The van der Waals surface area contributed by atoms with Gasteiger partial charge in [0.05, 0.1) is 0 Å². The lowest BCUT2D eigenvalue weighted by Crippen LogP contribution is -2.43. The zero-order valence-corrected chi connectivity index (χ0v) is 12.1. The molecule has 3 heteroatoms. The van der Waals surface area contributed by atoms with Crippen LogP contribution in [0.1, 0.15) is 37.3 Å². The molecule has 106 valence electrons. The zero-order valence-electron chi connectivity index (χ0n) is 12.1. The summed E-state index contributed by atoms with van der Waals surface area (Å²) in [6.45, 7) is 8.21. The molecule has 2 rings (SSSR count). The summed E-state index contributed by atoms with van der Waals surface area (Å²) in [4.78, 5) is 2.44. The molecule has 0 saturated carbocycles. The molecule has 1 atom stereocenters. The van der Waals surface area contributed by atoms with E-state index in [1.807, 2.05) is 19.1 Å². The van der Waals surface area contributed by atoms with Crippen LogP contribution in [0.2, 0.25) is 0 Å². The second-order valence-corrected chi connectivity index (χ2v) is 5.56. The van der Waals surface area contributed by atoms with E-state index in [9.17, 15) is 4.39 Å². The highest BCUT2D eigenvalue weighted by Crippen LogP contribution is 2.13. The van der Waals surface area contributed by atoms with Gasteiger partial charge in [0.25, 0.3) is 0 Å². The molecule has 1 unspecified atom stereocenters. The Balaban J connectivity index is 1.92. The fourth-order valence-electron chi connectivity index (χ4n) is 2.76. The summed E-state index contributed by atoms with van der Waals surface area (Å²) >= 11 is 0. The largest absolute Gasteiger partial charge is 0.313 e. The average molecular weight is 264 g/mol. The van der Waals surface area contributed by atoms with Crippen LogP contribution in [0.25, 0.3) is 0 Å². The van der Waals surface area contributed by atoms with Gasteiger partial charge in [-0.2, -0.15) is 0 Å². The first-order valence-electron chi connectivity index (χ1n) is 7.40. The number of hydrogen-bond donors (Lipinski definition) is 1. The maximum absolute atomic E-state index is 13.3. The lowest BCUT2D eigenvalue weighted by molar-refractivity contribution is 0.226. The first kappa shape index (κ1) is 14.5. The first-order valence-corrected chi connectivity index (χ1v) is 7.40.